The van der Waals surface area contributed by atoms with Crippen molar-refractivity contribution >= 4 is 0 Å². The summed E-state index contributed by atoms with van der Waals surface area (Å²) in [6, 6.07) is 3.97. The van der Waals surface area contributed by atoms with E-state index in [1.807, 2.05) is 12.1 Å². The Balaban J connectivity index is 1.78. The number of β-amino-alcohol motifs (C(OH)–C–C–N with tert-alkyl or cyclic N) is 1. The Bertz CT molecular complexity index is 279. The third-order valence-corrected chi connectivity index (χ3v) is 2.28. The molecule has 4 heteroatoms. The van der Waals surface area contributed by atoms with Gasteiger partial charge in [-0.2, -0.15) is 0 Å². The second-order valence-electron chi connectivity index (χ2n) is 3.49. The monoisotopic (exact) mass is 194 g/mol. The third kappa shape index (κ3) is 2.43. The van der Waals surface area contributed by atoms with E-state index in [1.165, 1.54) is 0 Å². The summed E-state index contributed by atoms with van der Waals surface area (Å²) >= 11 is 0. The van der Waals surface area contributed by atoms with Crippen molar-refractivity contribution in [3.8, 4) is 5.75 Å². The average Bonchev–Trinajstić information content (AvgIpc) is 2.63. The van der Waals surface area contributed by atoms with Gasteiger partial charge in [0.25, 0.3) is 0 Å². The van der Waals surface area contributed by atoms with Gasteiger partial charge in [0.2, 0.25) is 0 Å². The minimum absolute atomic E-state index is 0.225. The lowest BCUT2D eigenvalue weighted by Crippen LogP contribution is -2.28. The van der Waals surface area contributed by atoms with E-state index in [0.717, 1.165) is 12.2 Å². The molecule has 0 radical (unpaired) electrons. The van der Waals surface area contributed by atoms with Crippen LogP contribution in [0.2, 0.25) is 0 Å². The maximum Gasteiger partial charge on any atom is 0.137 e. The van der Waals surface area contributed by atoms with Crippen LogP contribution < -0.4 is 10.1 Å². The van der Waals surface area contributed by atoms with Crippen LogP contribution in [0.4, 0.5) is 0 Å². The number of aliphatic hydroxyl groups excluding tert-OH is 1. The quantitative estimate of drug-likeness (QED) is 0.721. The van der Waals surface area contributed by atoms with Crippen molar-refractivity contribution in [2.24, 2.45) is 0 Å². The molecule has 1 fully saturated rings. The fraction of sp³-hybridized carbons (Fsp3) is 0.500. The molecule has 2 N–H and O–H groups in total. The van der Waals surface area contributed by atoms with Crippen LogP contribution in [0.15, 0.2) is 24.5 Å². The smallest absolute Gasteiger partial charge is 0.137 e. The van der Waals surface area contributed by atoms with Gasteiger partial charge in [0.1, 0.15) is 12.4 Å². The first-order valence-corrected chi connectivity index (χ1v) is 4.79. The molecule has 1 aliphatic rings. The molecule has 1 unspecified atom stereocenters. The maximum absolute atomic E-state index is 9.27. The summed E-state index contributed by atoms with van der Waals surface area (Å²) in [5, 5.41) is 12.4. The molecular formula is C10H14N2O2. The first kappa shape index (κ1) is 9.43. The van der Waals surface area contributed by atoms with Crippen LogP contribution in [0.5, 0.6) is 5.75 Å². The summed E-state index contributed by atoms with van der Waals surface area (Å²) in [7, 11) is 0. The highest BCUT2D eigenvalue weighted by molar-refractivity contribution is 5.15. The lowest BCUT2D eigenvalue weighted by molar-refractivity contribution is 0.187. The number of aliphatic hydroxyl groups is 1. The fourth-order valence-electron chi connectivity index (χ4n) is 1.55. The van der Waals surface area contributed by atoms with Gasteiger partial charge in [-0.15, -0.1) is 0 Å². The van der Waals surface area contributed by atoms with Crippen LogP contribution in [-0.4, -0.2) is 35.4 Å². The molecule has 0 saturated carbocycles. The van der Waals surface area contributed by atoms with Crippen LogP contribution in [0.1, 0.15) is 6.42 Å². The van der Waals surface area contributed by atoms with Crippen molar-refractivity contribution in [1.29, 1.82) is 0 Å². The number of ether oxygens (including phenoxy) is 1. The van der Waals surface area contributed by atoms with Crippen LogP contribution in [0, 0.1) is 0 Å². The molecule has 2 rings (SSSR count). The normalized spacial score (nSPS) is 26.4. The van der Waals surface area contributed by atoms with E-state index in [2.05, 4.69) is 10.3 Å². The molecule has 0 amide bonds. The van der Waals surface area contributed by atoms with Gasteiger partial charge in [0, 0.05) is 18.8 Å². The number of hydrogen-bond donors (Lipinski definition) is 2. The van der Waals surface area contributed by atoms with Gasteiger partial charge >= 0.3 is 0 Å². The Morgan fingerprint density at radius 2 is 2.57 bits per heavy atom. The van der Waals surface area contributed by atoms with Gasteiger partial charge in [0.05, 0.1) is 12.3 Å². The third-order valence-electron chi connectivity index (χ3n) is 2.28. The van der Waals surface area contributed by atoms with Crippen molar-refractivity contribution < 1.29 is 9.84 Å². The summed E-state index contributed by atoms with van der Waals surface area (Å²) in [4.78, 5) is 3.95. The largest absolute Gasteiger partial charge is 0.490 e. The van der Waals surface area contributed by atoms with Crippen LogP contribution in [0.25, 0.3) is 0 Å². The van der Waals surface area contributed by atoms with Crippen molar-refractivity contribution in [2.75, 3.05) is 13.2 Å². The van der Waals surface area contributed by atoms with Gasteiger partial charge in [0.15, 0.2) is 0 Å². The maximum atomic E-state index is 9.27. The highest BCUT2D eigenvalue weighted by atomic mass is 16.5. The molecular weight excluding hydrogens is 180 g/mol. The van der Waals surface area contributed by atoms with E-state index in [0.29, 0.717) is 13.2 Å². The molecule has 0 aromatic carbocycles. The molecule has 2 atom stereocenters. The van der Waals surface area contributed by atoms with Gasteiger partial charge in [-0.05, 0) is 18.6 Å². The zero-order chi connectivity index (χ0) is 9.80. The molecule has 1 aromatic heterocycles. The Hall–Kier alpha value is -1.13. The summed E-state index contributed by atoms with van der Waals surface area (Å²) in [5.74, 6) is 0.774. The van der Waals surface area contributed by atoms with E-state index in [-0.39, 0.29) is 12.1 Å². The summed E-state index contributed by atoms with van der Waals surface area (Å²) in [6.07, 6.45) is 3.94. The van der Waals surface area contributed by atoms with Crippen molar-refractivity contribution in [3.63, 3.8) is 0 Å². The number of pyridine rings is 1. The lowest BCUT2D eigenvalue weighted by Gasteiger charge is -2.11. The molecule has 1 aliphatic heterocycles. The van der Waals surface area contributed by atoms with Crippen LogP contribution >= 0.6 is 0 Å². The number of nitrogens with zero attached hydrogens (tertiary/aromatic N) is 1. The van der Waals surface area contributed by atoms with E-state index in [4.69, 9.17) is 4.74 Å². The van der Waals surface area contributed by atoms with Crippen molar-refractivity contribution in [1.82, 2.24) is 10.3 Å². The van der Waals surface area contributed by atoms with E-state index in [1.54, 1.807) is 12.4 Å². The SMILES string of the molecule is O[C@@H]1CNC(COc2cccnc2)C1. The van der Waals surface area contributed by atoms with Gasteiger partial charge in [-0.25, -0.2) is 0 Å². The zero-order valence-electron chi connectivity index (χ0n) is 7.89. The molecule has 0 aliphatic carbocycles. The first-order chi connectivity index (χ1) is 6.84. The highest BCUT2D eigenvalue weighted by Crippen LogP contribution is 2.10. The van der Waals surface area contributed by atoms with Gasteiger partial charge in [-0.3, -0.25) is 4.98 Å². The minimum Gasteiger partial charge on any atom is -0.490 e. The van der Waals surface area contributed by atoms with Gasteiger partial charge in [-0.1, -0.05) is 0 Å². The predicted molar refractivity (Wildman–Crippen MR) is 52.1 cm³/mol. The van der Waals surface area contributed by atoms with Crippen LogP contribution in [0.3, 0.4) is 0 Å². The van der Waals surface area contributed by atoms with E-state index in [9.17, 15) is 5.11 Å². The summed E-state index contributed by atoms with van der Waals surface area (Å²) in [5.41, 5.74) is 0. The van der Waals surface area contributed by atoms with E-state index >= 15 is 0 Å². The molecule has 76 valence electrons. The Morgan fingerprint density at radius 1 is 1.64 bits per heavy atom. The molecule has 4 nitrogen and oxygen atoms in total. The predicted octanol–water partition coefficient (Wildman–Crippen LogP) is 0.183. The second-order valence-corrected chi connectivity index (χ2v) is 3.49. The minimum atomic E-state index is -0.225. The highest BCUT2D eigenvalue weighted by Gasteiger charge is 2.22. The van der Waals surface area contributed by atoms with Gasteiger partial charge < -0.3 is 15.2 Å². The number of hydrogen-bond acceptors (Lipinski definition) is 4. The molecule has 0 spiro atoms. The number of aromatic nitrogens is 1. The number of rotatable bonds is 3. The molecule has 1 aromatic rings. The zero-order valence-corrected chi connectivity index (χ0v) is 7.89. The number of nitrogens with one attached hydrogen (secondary N) is 1. The first-order valence-electron chi connectivity index (χ1n) is 4.79. The Morgan fingerprint density at radius 3 is 3.21 bits per heavy atom. The fourth-order valence-corrected chi connectivity index (χ4v) is 1.55. The topological polar surface area (TPSA) is 54.4 Å². The second kappa shape index (κ2) is 4.39. The average molecular weight is 194 g/mol. The van der Waals surface area contributed by atoms with Crippen LogP contribution in [-0.2, 0) is 0 Å². The van der Waals surface area contributed by atoms with E-state index < -0.39 is 0 Å². The van der Waals surface area contributed by atoms with Crippen molar-refractivity contribution in [2.45, 2.75) is 18.6 Å². The Kier molecular flexibility index (Phi) is 2.96. The Labute approximate surface area is 82.9 Å². The van der Waals surface area contributed by atoms with Crippen molar-refractivity contribution in [3.05, 3.63) is 24.5 Å². The molecule has 1 saturated heterocycles. The molecule has 14 heavy (non-hydrogen) atoms. The standard InChI is InChI=1S/C10H14N2O2/c13-9-4-8(12-5-9)7-14-10-2-1-3-11-6-10/h1-3,6,8-9,12-13H,4-5,7H2/t8?,9-/m0/s1. The molecule has 2 heterocycles. The summed E-state index contributed by atoms with van der Waals surface area (Å²) in [6.45, 7) is 1.25. The summed E-state index contributed by atoms with van der Waals surface area (Å²) < 4.78 is 5.50. The molecule has 0 bridgehead atoms. The lowest BCUT2D eigenvalue weighted by atomic mass is 10.2.